The maximum Gasteiger partial charge on any atom is 0.0647 e. The normalized spacial score (nSPS) is 34.4. The molecule has 0 saturated heterocycles. The molecule has 0 aromatic heterocycles. The summed E-state index contributed by atoms with van der Waals surface area (Å²) in [6, 6.07) is 0. The minimum absolute atomic E-state index is 0.792. The third-order valence-corrected chi connectivity index (χ3v) is 5.66. The molecular formula is C19H34O2. The van der Waals surface area contributed by atoms with Crippen molar-refractivity contribution in [3.8, 4) is 0 Å². The first-order valence-electron chi connectivity index (χ1n) is 9.01. The van der Waals surface area contributed by atoms with E-state index in [0.717, 1.165) is 43.5 Å². The van der Waals surface area contributed by atoms with Crippen LogP contribution in [0.4, 0.5) is 0 Å². The van der Waals surface area contributed by atoms with Crippen LogP contribution in [-0.2, 0) is 9.47 Å². The Kier molecular flexibility index (Phi) is 7.81. The fourth-order valence-electron chi connectivity index (χ4n) is 4.29. The average molecular weight is 294 g/mol. The first-order chi connectivity index (χ1) is 10.3. The molecule has 2 aliphatic rings. The van der Waals surface area contributed by atoms with Crippen LogP contribution in [0.3, 0.4) is 0 Å². The van der Waals surface area contributed by atoms with Crippen LogP contribution in [0.25, 0.3) is 0 Å². The van der Waals surface area contributed by atoms with Crippen LogP contribution in [0.1, 0.15) is 58.3 Å². The van der Waals surface area contributed by atoms with Gasteiger partial charge >= 0.3 is 0 Å². The number of allylic oxidation sites excluding steroid dienone is 1. The molecule has 2 nitrogen and oxygen atoms in total. The molecule has 0 aromatic carbocycles. The SMILES string of the molecule is CC=CCOCC1CCC(C2CCC(COC)CC2)CC1. The number of rotatable bonds is 7. The molecule has 0 aromatic rings. The minimum Gasteiger partial charge on any atom is -0.384 e. The lowest BCUT2D eigenvalue weighted by atomic mass is 9.69. The van der Waals surface area contributed by atoms with Gasteiger partial charge in [0, 0.05) is 20.3 Å². The highest BCUT2D eigenvalue weighted by Gasteiger charge is 2.30. The molecule has 0 spiro atoms. The third-order valence-electron chi connectivity index (χ3n) is 5.66. The highest BCUT2D eigenvalue weighted by atomic mass is 16.5. The Labute approximate surface area is 131 Å². The maximum atomic E-state index is 5.73. The Morgan fingerprint density at radius 1 is 0.810 bits per heavy atom. The highest BCUT2D eigenvalue weighted by Crippen LogP contribution is 2.41. The van der Waals surface area contributed by atoms with Gasteiger partial charge in [0.05, 0.1) is 6.61 Å². The zero-order chi connectivity index (χ0) is 14.9. The van der Waals surface area contributed by atoms with Gasteiger partial charge in [0.15, 0.2) is 0 Å². The van der Waals surface area contributed by atoms with E-state index < -0.39 is 0 Å². The Morgan fingerprint density at radius 3 is 1.81 bits per heavy atom. The van der Waals surface area contributed by atoms with E-state index in [1.165, 1.54) is 51.4 Å². The van der Waals surface area contributed by atoms with Crippen molar-refractivity contribution in [3.05, 3.63) is 12.2 Å². The van der Waals surface area contributed by atoms with Crippen LogP contribution in [0.5, 0.6) is 0 Å². The summed E-state index contributed by atoms with van der Waals surface area (Å²) in [5.74, 6) is 3.65. The lowest BCUT2D eigenvalue weighted by Gasteiger charge is -2.37. The smallest absolute Gasteiger partial charge is 0.0647 e. The predicted octanol–water partition coefficient (Wildman–Crippen LogP) is 4.84. The molecule has 0 radical (unpaired) electrons. The molecule has 122 valence electrons. The summed E-state index contributed by atoms with van der Waals surface area (Å²) in [4.78, 5) is 0. The molecule has 2 fully saturated rings. The summed E-state index contributed by atoms with van der Waals surface area (Å²) in [5, 5.41) is 0. The van der Waals surface area contributed by atoms with Gasteiger partial charge in [-0.2, -0.15) is 0 Å². The van der Waals surface area contributed by atoms with Gasteiger partial charge in [-0.3, -0.25) is 0 Å². The molecule has 21 heavy (non-hydrogen) atoms. The van der Waals surface area contributed by atoms with Crippen molar-refractivity contribution >= 4 is 0 Å². The highest BCUT2D eigenvalue weighted by molar-refractivity contribution is 4.82. The van der Waals surface area contributed by atoms with E-state index in [-0.39, 0.29) is 0 Å². The van der Waals surface area contributed by atoms with Gasteiger partial charge in [0.2, 0.25) is 0 Å². The Hall–Kier alpha value is -0.340. The van der Waals surface area contributed by atoms with Gasteiger partial charge in [-0.15, -0.1) is 0 Å². The molecular weight excluding hydrogens is 260 g/mol. The van der Waals surface area contributed by atoms with Crippen LogP contribution in [0.2, 0.25) is 0 Å². The third kappa shape index (κ3) is 5.75. The Morgan fingerprint density at radius 2 is 1.33 bits per heavy atom. The average Bonchev–Trinajstić information content (AvgIpc) is 2.53. The van der Waals surface area contributed by atoms with E-state index in [1.54, 1.807) is 0 Å². The standard InChI is InChI=1S/C19H34O2/c1-3-4-13-21-15-17-7-11-19(12-8-17)18-9-5-16(6-10-18)14-20-2/h3-4,16-19H,5-15H2,1-2H3. The number of ether oxygens (including phenoxy) is 2. The second-order valence-electron chi connectivity index (χ2n) is 7.12. The van der Waals surface area contributed by atoms with Crippen molar-refractivity contribution < 1.29 is 9.47 Å². The molecule has 0 unspecified atom stereocenters. The van der Waals surface area contributed by atoms with Crippen molar-refractivity contribution in [3.63, 3.8) is 0 Å². The molecule has 2 aliphatic carbocycles. The Balaban J connectivity index is 1.61. The fourth-order valence-corrected chi connectivity index (χ4v) is 4.29. The molecule has 0 N–H and O–H groups in total. The summed E-state index contributed by atoms with van der Waals surface area (Å²) >= 11 is 0. The van der Waals surface area contributed by atoms with Crippen molar-refractivity contribution in [2.75, 3.05) is 26.9 Å². The van der Waals surface area contributed by atoms with Crippen molar-refractivity contribution in [2.45, 2.75) is 58.3 Å². The zero-order valence-corrected chi connectivity index (χ0v) is 14.1. The van der Waals surface area contributed by atoms with E-state index in [0.29, 0.717) is 0 Å². The molecule has 0 aliphatic heterocycles. The molecule has 0 amide bonds. The number of hydrogen-bond donors (Lipinski definition) is 0. The lowest BCUT2D eigenvalue weighted by Crippen LogP contribution is -2.28. The van der Waals surface area contributed by atoms with E-state index in [4.69, 9.17) is 9.47 Å². The molecule has 0 bridgehead atoms. The quantitative estimate of drug-likeness (QED) is 0.494. The van der Waals surface area contributed by atoms with Crippen LogP contribution in [0.15, 0.2) is 12.2 Å². The van der Waals surface area contributed by atoms with Crippen molar-refractivity contribution in [1.29, 1.82) is 0 Å². The van der Waals surface area contributed by atoms with Crippen LogP contribution in [0, 0.1) is 23.7 Å². The van der Waals surface area contributed by atoms with E-state index >= 15 is 0 Å². The minimum atomic E-state index is 0.792. The molecule has 0 heterocycles. The maximum absolute atomic E-state index is 5.73. The topological polar surface area (TPSA) is 18.5 Å². The molecule has 2 heteroatoms. The summed E-state index contributed by atoms with van der Waals surface area (Å²) in [6.07, 6.45) is 15.5. The second-order valence-corrected chi connectivity index (χ2v) is 7.12. The first kappa shape index (κ1) is 17.0. The second kappa shape index (κ2) is 9.63. The molecule has 0 atom stereocenters. The summed E-state index contributed by atoms with van der Waals surface area (Å²) in [6.45, 7) is 4.79. The van der Waals surface area contributed by atoms with Crippen molar-refractivity contribution in [1.82, 2.24) is 0 Å². The Bertz CT molecular complexity index is 284. The first-order valence-corrected chi connectivity index (χ1v) is 9.01. The number of hydrogen-bond acceptors (Lipinski definition) is 2. The van der Waals surface area contributed by atoms with E-state index in [9.17, 15) is 0 Å². The molecule has 2 rings (SSSR count). The van der Waals surface area contributed by atoms with Crippen LogP contribution in [-0.4, -0.2) is 26.9 Å². The van der Waals surface area contributed by atoms with Gasteiger partial charge < -0.3 is 9.47 Å². The fraction of sp³-hybridized carbons (Fsp3) is 0.895. The van der Waals surface area contributed by atoms with Gasteiger partial charge in [0.25, 0.3) is 0 Å². The lowest BCUT2D eigenvalue weighted by molar-refractivity contribution is 0.0686. The van der Waals surface area contributed by atoms with Crippen molar-refractivity contribution in [2.24, 2.45) is 23.7 Å². The largest absolute Gasteiger partial charge is 0.384 e. The van der Waals surface area contributed by atoms with Crippen LogP contribution < -0.4 is 0 Å². The molecule has 2 saturated carbocycles. The predicted molar refractivity (Wildman–Crippen MR) is 88.4 cm³/mol. The van der Waals surface area contributed by atoms with Gasteiger partial charge in [-0.25, -0.2) is 0 Å². The summed E-state index contributed by atoms with van der Waals surface area (Å²) in [5.41, 5.74) is 0. The van der Waals surface area contributed by atoms with Gasteiger partial charge in [-0.05, 0) is 82.0 Å². The van der Waals surface area contributed by atoms with E-state index in [2.05, 4.69) is 19.1 Å². The monoisotopic (exact) mass is 294 g/mol. The van der Waals surface area contributed by atoms with E-state index in [1.807, 2.05) is 7.11 Å². The van der Waals surface area contributed by atoms with Gasteiger partial charge in [0.1, 0.15) is 0 Å². The summed E-state index contributed by atoms with van der Waals surface area (Å²) < 4.78 is 11.0. The zero-order valence-electron chi connectivity index (χ0n) is 14.1. The summed E-state index contributed by atoms with van der Waals surface area (Å²) in [7, 11) is 1.84. The number of methoxy groups -OCH3 is 1. The van der Waals surface area contributed by atoms with Crippen LogP contribution >= 0.6 is 0 Å². The van der Waals surface area contributed by atoms with Gasteiger partial charge in [-0.1, -0.05) is 12.2 Å².